The van der Waals surface area contributed by atoms with E-state index in [2.05, 4.69) is 5.38 Å². The molecule has 26 heavy (non-hydrogen) atoms. The van der Waals surface area contributed by atoms with Gasteiger partial charge in [0.1, 0.15) is 17.2 Å². The maximum absolute atomic E-state index is 12.2. The fourth-order valence-electron chi connectivity index (χ4n) is 2.81. The molecule has 0 aliphatic heterocycles. The van der Waals surface area contributed by atoms with Crippen LogP contribution in [0.4, 0.5) is 0 Å². The summed E-state index contributed by atoms with van der Waals surface area (Å²) in [6.07, 6.45) is 0. The Bertz CT molecular complexity index is 729. The highest BCUT2D eigenvalue weighted by Gasteiger charge is 2.17. The summed E-state index contributed by atoms with van der Waals surface area (Å²) >= 11 is 1.60. The quantitative estimate of drug-likeness (QED) is 0.722. The molecule has 2 rings (SSSR count). The van der Waals surface area contributed by atoms with Crippen molar-refractivity contribution >= 4 is 17.2 Å². The number of benzene rings is 1. The summed E-state index contributed by atoms with van der Waals surface area (Å²) in [6, 6.07) is 5.79. The number of carbonyl (C=O) groups is 1. The van der Waals surface area contributed by atoms with Crippen molar-refractivity contribution in [1.29, 1.82) is 0 Å². The van der Waals surface area contributed by atoms with E-state index in [1.807, 2.05) is 44.0 Å². The third-order valence-electron chi connectivity index (χ3n) is 4.23. The van der Waals surface area contributed by atoms with Crippen LogP contribution in [0, 0.1) is 0 Å². The normalized spacial score (nSPS) is 11.9. The van der Waals surface area contributed by atoms with Crippen molar-refractivity contribution in [2.45, 2.75) is 20.4 Å². The Morgan fingerprint density at radius 1 is 1.19 bits per heavy atom. The van der Waals surface area contributed by atoms with Crippen LogP contribution in [-0.2, 0) is 11.3 Å². The van der Waals surface area contributed by atoms with Crippen molar-refractivity contribution in [2.75, 3.05) is 40.9 Å². The average molecular weight is 379 g/mol. The lowest BCUT2D eigenvalue weighted by Crippen LogP contribution is -3.08. The molecule has 0 fully saturated rings. The summed E-state index contributed by atoms with van der Waals surface area (Å²) in [7, 11) is 5.27. The second-order valence-electron chi connectivity index (χ2n) is 6.09. The lowest BCUT2D eigenvalue weighted by Gasteiger charge is -2.20. The van der Waals surface area contributed by atoms with Gasteiger partial charge in [-0.2, -0.15) is 0 Å². The smallest absolute Gasteiger partial charge is 0.277 e. The van der Waals surface area contributed by atoms with E-state index in [4.69, 9.17) is 14.5 Å². The highest BCUT2D eigenvalue weighted by molar-refractivity contribution is 7.13. The van der Waals surface area contributed by atoms with E-state index in [0.717, 1.165) is 40.8 Å². The van der Waals surface area contributed by atoms with Crippen LogP contribution in [0.2, 0.25) is 0 Å². The first-order valence-electron chi connectivity index (χ1n) is 8.78. The zero-order valence-corrected chi connectivity index (χ0v) is 17.0. The van der Waals surface area contributed by atoms with E-state index in [1.165, 1.54) is 0 Å². The number of nitrogens with one attached hydrogen (secondary N) is 1. The molecular weight excluding hydrogens is 350 g/mol. The predicted octanol–water partition coefficient (Wildman–Crippen LogP) is 1.71. The van der Waals surface area contributed by atoms with E-state index >= 15 is 0 Å². The molecule has 0 aliphatic carbocycles. The van der Waals surface area contributed by atoms with Gasteiger partial charge in [0, 0.05) is 24.0 Å². The van der Waals surface area contributed by atoms with Gasteiger partial charge in [0.25, 0.3) is 5.91 Å². The Morgan fingerprint density at radius 2 is 1.88 bits per heavy atom. The number of methoxy groups -OCH3 is 2. The van der Waals surface area contributed by atoms with Gasteiger partial charge in [-0.25, -0.2) is 4.98 Å². The van der Waals surface area contributed by atoms with Crippen LogP contribution in [0.3, 0.4) is 0 Å². The largest absolute Gasteiger partial charge is 0.493 e. The molecule has 0 bridgehead atoms. The first kappa shape index (κ1) is 20.2. The maximum Gasteiger partial charge on any atom is 0.277 e. The van der Waals surface area contributed by atoms with Crippen molar-refractivity contribution in [3.63, 3.8) is 0 Å². The van der Waals surface area contributed by atoms with Gasteiger partial charge in [-0.3, -0.25) is 4.79 Å². The predicted molar refractivity (Wildman–Crippen MR) is 104 cm³/mol. The van der Waals surface area contributed by atoms with Gasteiger partial charge in [-0.05, 0) is 32.0 Å². The molecule has 1 aromatic heterocycles. The van der Waals surface area contributed by atoms with E-state index < -0.39 is 0 Å². The van der Waals surface area contributed by atoms with Crippen molar-refractivity contribution < 1.29 is 19.2 Å². The average Bonchev–Trinajstić information content (AvgIpc) is 3.10. The lowest BCUT2D eigenvalue weighted by atomic mass is 10.2. The highest BCUT2D eigenvalue weighted by Crippen LogP contribution is 2.33. The summed E-state index contributed by atoms with van der Waals surface area (Å²) in [4.78, 5) is 19.9. The van der Waals surface area contributed by atoms with Crippen LogP contribution in [0.1, 0.15) is 19.5 Å². The maximum atomic E-state index is 12.2. The molecule has 1 N–H and O–H groups in total. The van der Waals surface area contributed by atoms with Crippen LogP contribution in [0.5, 0.6) is 11.5 Å². The molecule has 1 amide bonds. The van der Waals surface area contributed by atoms with Crippen molar-refractivity contribution in [3.05, 3.63) is 29.3 Å². The number of rotatable bonds is 9. The van der Waals surface area contributed by atoms with Crippen LogP contribution >= 0.6 is 11.3 Å². The third-order valence-corrected chi connectivity index (χ3v) is 5.17. The summed E-state index contributed by atoms with van der Waals surface area (Å²) in [5, 5.41) is 2.99. The summed E-state index contributed by atoms with van der Waals surface area (Å²) in [5.74, 6) is 1.57. The van der Waals surface area contributed by atoms with Gasteiger partial charge in [0.2, 0.25) is 0 Å². The second kappa shape index (κ2) is 9.54. The zero-order chi connectivity index (χ0) is 19.1. The van der Waals surface area contributed by atoms with Crippen molar-refractivity contribution in [2.24, 2.45) is 0 Å². The topological polar surface area (TPSA) is 56.1 Å². The Labute approximate surface area is 159 Å². The lowest BCUT2D eigenvalue weighted by molar-refractivity contribution is -0.886. The van der Waals surface area contributed by atoms with Crippen LogP contribution < -0.4 is 14.4 Å². The number of hydrogen-bond acceptors (Lipinski definition) is 5. The highest BCUT2D eigenvalue weighted by atomic mass is 32.1. The molecule has 1 unspecified atom stereocenters. The number of carbonyl (C=O) groups excluding carboxylic acids is 1. The Morgan fingerprint density at radius 3 is 2.50 bits per heavy atom. The fraction of sp³-hybridized carbons (Fsp3) is 0.474. The minimum atomic E-state index is 0.183. The summed E-state index contributed by atoms with van der Waals surface area (Å²) < 4.78 is 10.6. The van der Waals surface area contributed by atoms with Gasteiger partial charge in [-0.1, -0.05) is 0 Å². The number of thiazole rings is 1. The fourth-order valence-corrected chi connectivity index (χ4v) is 3.62. The van der Waals surface area contributed by atoms with Crippen LogP contribution in [0.25, 0.3) is 10.6 Å². The molecule has 0 aliphatic rings. The zero-order valence-electron chi connectivity index (χ0n) is 16.2. The first-order chi connectivity index (χ1) is 12.5. The number of quaternary nitrogens is 1. The molecular formula is C19H28N3O3S+. The number of hydrogen-bond donors (Lipinski definition) is 1. The SMILES string of the molecule is CCN(CC)C(=O)C[NH+](C)Cc1csc(-c2ccc(OC)c(OC)c2)n1. The van der Waals surface area contributed by atoms with E-state index in [0.29, 0.717) is 18.0 Å². The molecule has 142 valence electrons. The summed E-state index contributed by atoms with van der Waals surface area (Å²) in [5.41, 5.74) is 1.99. The molecule has 1 aromatic carbocycles. The van der Waals surface area contributed by atoms with Crippen molar-refractivity contribution in [3.8, 4) is 22.1 Å². The number of nitrogens with zero attached hydrogens (tertiary/aromatic N) is 2. The number of ether oxygens (including phenoxy) is 2. The minimum Gasteiger partial charge on any atom is -0.493 e. The van der Waals surface area contributed by atoms with E-state index in [1.54, 1.807) is 25.6 Å². The van der Waals surface area contributed by atoms with E-state index in [-0.39, 0.29) is 5.91 Å². The van der Waals surface area contributed by atoms with Gasteiger partial charge in [-0.15, -0.1) is 11.3 Å². The van der Waals surface area contributed by atoms with E-state index in [9.17, 15) is 4.79 Å². The minimum absolute atomic E-state index is 0.183. The molecule has 7 heteroatoms. The first-order valence-corrected chi connectivity index (χ1v) is 9.66. The van der Waals surface area contributed by atoms with Crippen LogP contribution in [0.15, 0.2) is 23.6 Å². The molecule has 0 saturated carbocycles. The van der Waals surface area contributed by atoms with Crippen LogP contribution in [-0.4, -0.2) is 56.7 Å². The summed E-state index contributed by atoms with van der Waals surface area (Å²) in [6.45, 7) is 6.71. The number of likely N-dealkylation sites (N-methyl/N-ethyl adjacent to an activating group) is 2. The number of aromatic nitrogens is 1. The number of amides is 1. The molecule has 2 aromatic rings. The molecule has 6 nitrogen and oxygen atoms in total. The van der Waals surface area contributed by atoms with Crippen molar-refractivity contribution in [1.82, 2.24) is 9.88 Å². The molecule has 0 saturated heterocycles. The standard InChI is InChI=1S/C19H27N3O3S/c1-6-22(7-2)18(23)12-21(3)11-15-13-26-19(20-15)14-8-9-16(24-4)17(10-14)25-5/h8-10,13H,6-7,11-12H2,1-5H3/p+1. The van der Waals surface area contributed by atoms with Gasteiger partial charge in [0.15, 0.2) is 18.0 Å². The van der Waals surface area contributed by atoms with Gasteiger partial charge >= 0.3 is 0 Å². The monoisotopic (exact) mass is 378 g/mol. The second-order valence-corrected chi connectivity index (χ2v) is 6.95. The molecule has 1 atom stereocenters. The van der Waals surface area contributed by atoms with Gasteiger partial charge in [0.05, 0.1) is 21.3 Å². The molecule has 1 heterocycles. The third kappa shape index (κ3) is 4.95. The Hall–Kier alpha value is -2.12. The molecule has 0 spiro atoms. The Balaban J connectivity index is 2.04. The Kier molecular flexibility index (Phi) is 7.41. The van der Waals surface area contributed by atoms with Gasteiger partial charge < -0.3 is 19.3 Å². The molecule has 0 radical (unpaired) electrons.